The number of benzene rings is 2. The average molecular weight is 311 g/mol. The number of aryl methyl sites for hydroxylation is 1. The number of aliphatic hydroxyl groups is 1. The van der Waals surface area contributed by atoms with Crippen molar-refractivity contribution < 1.29 is 9.84 Å². The van der Waals surface area contributed by atoms with Crippen molar-refractivity contribution in [1.29, 1.82) is 0 Å². The predicted molar refractivity (Wildman–Crippen MR) is 92.8 cm³/mol. The van der Waals surface area contributed by atoms with E-state index in [4.69, 9.17) is 4.74 Å². The summed E-state index contributed by atoms with van der Waals surface area (Å²) in [4.78, 5) is 0. The lowest BCUT2D eigenvalue weighted by atomic mass is 9.87. The Morgan fingerprint density at radius 2 is 1.96 bits per heavy atom. The van der Waals surface area contributed by atoms with Crippen LogP contribution in [0.1, 0.15) is 30.0 Å². The Kier molecular flexibility index (Phi) is 4.69. The van der Waals surface area contributed by atoms with Crippen LogP contribution in [-0.2, 0) is 18.4 Å². The number of fused-ring (bicyclic) bond motifs is 1. The Morgan fingerprint density at radius 1 is 1.17 bits per heavy atom. The lowest BCUT2D eigenvalue weighted by molar-refractivity contribution is 0.0532. The standard InChI is InChI=1S/C20H25NO2/c1-20(22,17-6-4-3-5-7-17)14-21-18-10-8-15-9-11-19(23-2)13-16(15)12-18/h3-7,9,11,13,18,21-22H,8,10,12,14H2,1-2H3. The third kappa shape index (κ3) is 3.74. The predicted octanol–water partition coefficient (Wildman–Crippen LogP) is 3.05. The van der Waals surface area contributed by atoms with Gasteiger partial charge < -0.3 is 15.2 Å². The Labute approximate surface area is 138 Å². The second kappa shape index (κ2) is 6.73. The van der Waals surface area contributed by atoms with Crippen molar-refractivity contribution in [2.75, 3.05) is 13.7 Å². The van der Waals surface area contributed by atoms with Crippen molar-refractivity contribution in [2.24, 2.45) is 0 Å². The Hall–Kier alpha value is -1.84. The molecule has 3 rings (SSSR count). The maximum Gasteiger partial charge on any atom is 0.119 e. The Balaban J connectivity index is 1.63. The van der Waals surface area contributed by atoms with E-state index in [0.29, 0.717) is 12.6 Å². The second-order valence-electron chi connectivity index (χ2n) is 6.60. The lowest BCUT2D eigenvalue weighted by Crippen LogP contribution is -2.43. The summed E-state index contributed by atoms with van der Waals surface area (Å²) in [5.74, 6) is 0.917. The quantitative estimate of drug-likeness (QED) is 0.892. The van der Waals surface area contributed by atoms with Crippen LogP contribution in [-0.4, -0.2) is 24.8 Å². The fourth-order valence-corrected chi connectivity index (χ4v) is 3.28. The summed E-state index contributed by atoms with van der Waals surface area (Å²) < 4.78 is 5.33. The fraction of sp³-hybridized carbons (Fsp3) is 0.400. The van der Waals surface area contributed by atoms with Gasteiger partial charge in [-0.25, -0.2) is 0 Å². The number of rotatable bonds is 5. The van der Waals surface area contributed by atoms with Gasteiger partial charge in [0.25, 0.3) is 0 Å². The summed E-state index contributed by atoms with van der Waals surface area (Å²) >= 11 is 0. The molecule has 3 nitrogen and oxygen atoms in total. The van der Waals surface area contributed by atoms with Crippen molar-refractivity contribution in [3.63, 3.8) is 0 Å². The molecule has 0 spiro atoms. The summed E-state index contributed by atoms with van der Waals surface area (Å²) in [7, 11) is 1.71. The first-order chi connectivity index (χ1) is 11.1. The van der Waals surface area contributed by atoms with Gasteiger partial charge >= 0.3 is 0 Å². The molecule has 0 radical (unpaired) electrons. The summed E-state index contributed by atoms with van der Waals surface area (Å²) in [6.07, 6.45) is 3.16. The van der Waals surface area contributed by atoms with Gasteiger partial charge in [-0.3, -0.25) is 0 Å². The minimum absolute atomic E-state index is 0.393. The van der Waals surface area contributed by atoms with Gasteiger partial charge in [0.05, 0.1) is 12.7 Å². The summed E-state index contributed by atoms with van der Waals surface area (Å²) in [6.45, 7) is 2.43. The molecule has 0 bridgehead atoms. The highest BCUT2D eigenvalue weighted by atomic mass is 16.5. The first kappa shape index (κ1) is 16.0. The molecule has 1 aliphatic carbocycles. The molecule has 122 valence electrons. The molecular formula is C20H25NO2. The minimum atomic E-state index is -0.851. The molecule has 0 aliphatic heterocycles. The van der Waals surface area contributed by atoms with Crippen molar-refractivity contribution in [2.45, 2.75) is 37.8 Å². The summed E-state index contributed by atoms with van der Waals surface area (Å²) in [6, 6.07) is 16.6. The largest absolute Gasteiger partial charge is 0.497 e. The normalized spacial score (nSPS) is 19.7. The minimum Gasteiger partial charge on any atom is -0.497 e. The van der Waals surface area contributed by atoms with E-state index in [9.17, 15) is 5.11 Å². The maximum absolute atomic E-state index is 10.7. The molecule has 3 heteroatoms. The van der Waals surface area contributed by atoms with Gasteiger partial charge in [0.1, 0.15) is 5.75 Å². The van der Waals surface area contributed by atoms with Crippen LogP contribution in [0.4, 0.5) is 0 Å². The van der Waals surface area contributed by atoms with Crippen LogP contribution in [0.25, 0.3) is 0 Å². The molecule has 0 fully saturated rings. The lowest BCUT2D eigenvalue weighted by Gasteiger charge is -2.30. The Morgan fingerprint density at radius 3 is 2.70 bits per heavy atom. The monoisotopic (exact) mass is 311 g/mol. The van der Waals surface area contributed by atoms with E-state index in [1.54, 1.807) is 7.11 Å². The van der Waals surface area contributed by atoms with Gasteiger partial charge in [-0.1, -0.05) is 36.4 Å². The molecule has 0 saturated carbocycles. The van der Waals surface area contributed by atoms with Crippen LogP contribution < -0.4 is 10.1 Å². The van der Waals surface area contributed by atoms with Gasteiger partial charge in [-0.2, -0.15) is 0 Å². The zero-order chi connectivity index (χ0) is 16.3. The van der Waals surface area contributed by atoms with E-state index in [1.165, 1.54) is 11.1 Å². The third-order valence-electron chi connectivity index (χ3n) is 4.77. The maximum atomic E-state index is 10.7. The highest BCUT2D eigenvalue weighted by Crippen LogP contribution is 2.26. The van der Waals surface area contributed by atoms with Crippen LogP contribution in [0.5, 0.6) is 5.75 Å². The molecule has 0 saturated heterocycles. The highest BCUT2D eigenvalue weighted by Gasteiger charge is 2.25. The molecule has 2 aromatic carbocycles. The Bertz CT molecular complexity index is 652. The molecule has 0 aromatic heterocycles. The van der Waals surface area contributed by atoms with Crippen molar-refractivity contribution in [1.82, 2.24) is 5.32 Å². The number of hydrogen-bond donors (Lipinski definition) is 2. The molecule has 1 aliphatic rings. The summed E-state index contributed by atoms with van der Waals surface area (Å²) in [5, 5.41) is 14.3. The van der Waals surface area contributed by atoms with E-state index in [1.807, 2.05) is 43.3 Å². The molecule has 23 heavy (non-hydrogen) atoms. The van der Waals surface area contributed by atoms with E-state index in [-0.39, 0.29) is 0 Å². The van der Waals surface area contributed by atoms with E-state index in [0.717, 1.165) is 30.6 Å². The zero-order valence-corrected chi connectivity index (χ0v) is 13.9. The van der Waals surface area contributed by atoms with Crippen LogP contribution in [0, 0.1) is 0 Å². The molecule has 2 atom stereocenters. The fourth-order valence-electron chi connectivity index (χ4n) is 3.28. The number of ether oxygens (including phenoxy) is 1. The van der Waals surface area contributed by atoms with Crippen LogP contribution in [0.2, 0.25) is 0 Å². The molecular weight excluding hydrogens is 286 g/mol. The first-order valence-electron chi connectivity index (χ1n) is 8.25. The highest BCUT2D eigenvalue weighted by molar-refractivity contribution is 5.38. The number of hydrogen-bond acceptors (Lipinski definition) is 3. The second-order valence-corrected chi connectivity index (χ2v) is 6.60. The molecule has 2 N–H and O–H groups in total. The smallest absolute Gasteiger partial charge is 0.119 e. The van der Waals surface area contributed by atoms with Gasteiger partial charge in [-0.05, 0) is 55.0 Å². The van der Waals surface area contributed by atoms with Gasteiger partial charge in [-0.15, -0.1) is 0 Å². The van der Waals surface area contributed by atoms with Crippen molar-refractivity contribution >= 4 is 0 Å². The zero-order valence-electron chi connectivity index (χ0n) is 13.9. The van der Waals surface area contributed by atoms with E-state index >= 15 is 0 Å². The molecule has 0 amide bonds. The third-order valence-corrected chi connectivity index (χ3v) is 4.77. The van der Waals surface area contributed by atoms with Crippen LogP contribution in [0.3, 0.4) is 0 Å². The first-order valence-corrected chi connectivity index (χ1v) is 8.25. The molecule has 2 aromatic rings. The van der Waals surface area contributed by atoms with E-state index < -0.39 is 5.60 Å². The number of methoxy groups -OCH3 is 1. The van der Waals surface area contributed by atoms with Crippen molar-refractivity contribution in [3.05, 3.63) is 65.2 Å². The topological polar surface area (TPSA) is 41.5 Å². The van der Waals surface area contributed by atoms with Gasteiger partial charge in [0.15, 0.2) is 0 Å². The van der Waals surface area contributed by atoms with E-state index in [2.05, 4.69) is 17.4 Å². The van der Waals surface area contributed by atoms with Gasteiger partial charge in [0.2, 0.25) is 0 Å². The summed E-state index contributed by atoms with van der Waals surface area (Å²) in [5.41, 5.74) is 2.87. The average Bonchev–Trinajstić information content (AvgIpc) is 2.60. The number of nitrogens with one attached hydrogen (secondary N) is 1. The van der Waals surface area contributed by atoms with Crippen LogP contribution in [0.15, 0.2) is 48.5 Å². The van der Waals surface area contributed by atoms with Crippen molar-refractivity contribution in [3.8, 4) is 5.75 Å². The molecule has 0 heterocycles. The molecule has 2 unspecified atom stereocenters. The van der Waals surface area contributed by atoms with Gasteiger partial charge in [0, 0.05) is 12.6 Å². The van der Waals surface area contributed by atoms with Crippen LogP contribution >= 0.6 is 0 Å². The SMILES string of the molecule is COc1ccc2c(c1)CC(NCC(C)(O)c1ccccc1)CC2.